The second kappa shape index (κ2) is 9.08. The van der Waals surface area contributed by atoms with Crippen molar-refractivity contribution in [2.24, 2.45) is 0 Å². The van der Waals surface area contributed by atoms with Crippen LogP contribution in [-0.2, 0) is 11.2 Å². The van der Waals surface area contributed by atoms with E-state index in [0.717, 1.165) is 30.8 Å². The van der Waals surface area contributed by atoms with Crippen LogP contribution in [0.1, 0.15) is 19.4 Å². The van der Waals surface area contributed by atoms with Gasteiger partial charge in [0.2, 0.25) is 0 Å². The molecule has 0 bridgehead atoms. The molecule has 0 saturated heterocycles. The Hall–Kier alpha value is -2.53. The molecule has 0 heterocycles. The van der Waals surface area contributed by atoms with Crippen molar-refractivity contribution in [2.75, 3.05) is 19.7 Å². The number of aliphatic carboxylic acids is 1. The van der Waals surface area contributed by atoms with Crippen LogP contribution in [0.4, 0.5) is 0 Å². The first kappa shape index (κ1) is 18.8. The number of para-hydroxylation sites is 1. The van der Waals surface area contributed by atoms with E-state index in [2.05, 4.69) is 5.32 Å². The van der Waals surface area contributed by atoms with E-state index in [9.17, 15) is 4.79 Å². The molecule has 25 heavy (non-hydrogen) atoms. The van der Waals surface area contributed by atoms with E-state index in [4.69, 9.17) is 14.6 Å². The highest BCUT2D eigenvalue weighted by atomic mass is 16.5. The first-order chi connectivity index (χ1) is 12.0. The quantitative estimate of drug-likeness (QED) is 0.649. The number of carboxylic acid groups (broad SMARTS) is 1. The van der Waals surface area contributed by atoms with Gasteiger partial charge < -0.3 is 19.9 Å². The van der Waals surface area contributed by atoms with E-state index in [1.165, 1.54) is 13.8 Å². The first-order valence-electron chi connectivity index (χ1n) is 8.37. The first-order valence-corrected chi connectivity index (χ1v) is 8.37. The van der Waals surface area contributed by atoms with Gasteiger partial charge in [0, 0.05) is 6.54 Å². The summed E-state index contributed by atoms with van der Waals surface area (Å²) in [6.45, 7) is 5.26. The minimum absolute atomic E-state index is 0.567. The summed E-state index contributed by atoms with van der Waals surface area (Å²) < 4.78 is 11.2. The van der Waals surface area contributed by atoms with Crippen molar-refractivity contribution < 1.29 is 19.4 Å². The van der Waals surface area contributed by atoms with Crippen LogP contribution in [0.5, 0.6) is 11.5 Å². The van der Waals surface area contributed by atoms with Crippen molar-refractivity contribution in [1.82, 2.24) is 5.32 Å². The van der Waals surface area contributed by atoms with Gasteiger partial charge in [-0.05, 0) is 56.6 Å². The van der Waals surface area contributed by atoms with Gasteiger partial charge in [0.25, 0.3) is 0 Å². The highest BCUT2D eigenvalue weighted by Gasteiger charge is 2.29. The van der Waals surface area contributed by atoms with Crippen LogP contribution >= 0.6 is 0 Å². The molecule has 5 nitrogen and oxygen atoms in total. The van der Waals surface area contributed by atoms with E-state index in [1.54, 1.807) is 6.07 Å². The van der Waals surface area contributed by atoms with Gasteiger partial charge in [-0.1, -0.05) is 30.3 Å². The Labute approximate surface area is 148 Å². The second-order valence-electron chi connectivity index (χ2n) is 6.23. The molecule has 2 aromatic rings. The number of ether oxygens (including phenoxy) is 2. The van der Waals surface area contributed by atoms with Gasteiger partial charge in [-0.25, -0.2) is 4.79 Å². The van der Waals surface area contributed by atoms with Crippen LogP contribution in [0, 0.1) is 0 Å². The average Bonchev–Trinajstić information content (AvgIpc) is 2.59. The lowest BCUT2D eigenvalue weighted by molar-refractivity contribution is -0.152. The molecule has 0 aliphatic carbocycles. The van der Waals surface area contributed by atoms with E-state index >= 15 is 0 Å². The largest absolute Gasteiger partial charge is 0.492 e. The molecule has 2 rings (SSSR count). The Morgan fingerprint density at radius 1 is 1.04 bits per heavy atom. The summed E-state index contributed by atoms with van der Waals surface area (Å²) in [5.41, 5.74) is -0.152. The maximum absolute atomic E-state index is 11.1. The lowest BCUT2D eigenvalue weighted by atomic mass is 10.1. The molecule has 0 unspecified atom stereocenters. The number of rotatable bonds is 10. The zero-order valence-electron chi connectivity index (χ0n) is 14.7. The summed E-state index contributed by atoms with van der Waals surface area (Å²) in [6.07, 6.45) is 0.829. The van der Waals surface area contributed by atoms with Gasteiger partial charge in [-0.3, -0.25) is 0 Å². The minimum atomic E-state index is -1.24. The third kappa shape index (κ3) is 6.47. The van der Waals surface area contributed by atoms with E-state index < -0.39 is 11.6 Å². The molecular formula is C20H25NO4. The predicted octanol–water partition coefficient (Wildman–Crippen LogP) is 3.14. The third-order valence-electron chi connectivity index (χ3n) is 3.67. The van der Waals surface area contributed by atoms with Crippen LogP contribution in [-0.4, -0.2) is 36.4 Å². The Kier molecular flexibility index (Phi) is 6.83. The van der Waals surface area contributed by atoms with Gasteiger partial charge in [-0.2, -0.15) is 0 Å². The third-order valence-corrected chi connectivity index (χ3v) is 3.67. The fourth-order valence-electron chi connectivity index (χ4n) is 2.22. The molecule has 134 valence electrons. The smallest absolute Gasteiger partial charge is 0.347 e. The number of hydrogen-bond acceptors (Lipinski definition) is 4. The predicted molar refractivity (Wildman–Crippen MR) is 97.3 cm³/mol. The van der Waals surface area contributed by atoms with Crippen molar-refractivity contribution in [2.45, 2.75) is 25.9 Å². The summed E-state index contributed by atoms with van der Waals surface area (Å²) in [5.74, 6) is 0.450. The van der Waals surface area contributed by atoms with Crippen molar-refractivity contribution >= 4 is 5.97 Å². The summed E-state index contributed by atoms with van der Waals surface area (Å²) in [5, 5.41) is 12.5. The maximum atomic E-state index is 11.1. The highest BCUT2D eigenvalue weighted by Crippen LogP contribution is 2.20. The van der Waals surface area contributed by atoms with Gasteiger partial charge in [-0.15, -0.1) is 0 Å². The van der Waals surface area contributed by atoms with Crippen LogP contribution in [0.25, 0.3) is 0 Å². The maximum Gasteiger partial charge on any atom is 0.347 e. The Balaban J connectivity index is 1.70. The number of carboxylic acids is 1. The topological polar surface area (TPSA) is 67.8 Å². The molecule has 0 aromatic heterocycles. The van der Waals surface area contributed by atoms with Crippen molar-refractivity contribution in [3.8, 4) is 11.5 Å². The molecule has 0 saturated carbocycles. The molecule has 0 amide bonds. The van der Waals surface area contributed by atoms with Crippen LogP contribution in [0.15, 0.2) is 54.6 Å². The molecule has 0 fully saturated rings. The highest BCUT2D eigenvalue weighted by molar-refractivity contribution is 5.76. The molecule has 0 radical (unpaired) electrons. The Bertz CT molecular complexity index is 670. The van der Waals surface area contributed by atoms with Crippen LogP contribution in [0.3, 0.4) is 0 Å². The minimum Gasteiger partial charge on any atom is -0.492 e. The van der Waals surface area contributed by atoms with Gasteiger partial charge in [0.05, 0.1) is 0 Å². The van der Waals surface area contributed by atoms with E-state index in [0.29, 0.717) is 12.4 Å². The number of hydrogen-bond donors (Lipinski definition) is 2. The summed E-state index contributed by atoms with van der Waals surface area (Å²) in [7, 11) is 0. The summed E-state index contributed by atoms with van der Waals surface area (Å²) in [4.78, 5) is 11.1. The number of carbonyl (C=O) groups is 1. The fourth-order valence-corrected chi connectivity index (χ4v) is 2.22. The standard InChI is InChI=1S/C20H25NO4/c1-20(2,19(22)23)25-18-10-6-7-16(15-18)11-12-21-13-14-24-17-8-4-3-5-9-17/h3-10,15,21H,11-14H2,1-2H3,(H,22,23). The summed E-state index contributed by atoms with van der Waals surface area (Å²) in [6, 6.07) is 17.3. The van der Waals surface area contributed by atoms with Gasteiger partial charge in [0.1, 0.15) is 18.1 Å². The molecule has 2 aromatic carbocycles. The molecule has 0 aliphatic rings. The zero-order valence-corrected chi connectivity index (χ0v) is 14.7. The molecular weight excluding hydrogens is 318 g/mol. The molecule has 2 N–H and O–H groups in total. The van der Waals surface area contributed by atoms with Gasteiger partial charge >= 0.3 is 5.97 Å². The van der Waals surface area contributed by atoms with Crippen molar-refractivity contribution in [3.63, 3.8) is 0 Å². The zero-order chi connectivity index (χ0) is 18.1. The SMILES string of the molecule is CC(C)(Oc1cccc(CCNCCOc2ccccc2)c1)C(=O)O. The van der Waals surface area contributed by atoms with E-state index in [-0.39, 0.29) is 0 Å². The normalized spacial score (nSPS) is 11.1. The average molecular weight is 343 g/mol. The molecule has 0 aliphatic heterocycles. The van der Waals surface area contributed by atoms with Crippen LogP contribution in [0.2, 0.25) is 0 Å². The monoisotopic (exact) mass is 343 g/mol. The molecule has 5 heteroatoms. The number of benzene rings is 2. The van der Waals surface area contributed by atoms with Crippen molar-refractivity contribution in [1.29, 1.82) is 0 Å². The van der Waals surface area contributed by atoms with E-state index in [1.807, 2.05) is 48.5 Å². The lowest BCUT2D eigenvalue weighted by Gasteiger charge is -2.21. The van der Waals surface area contributed by atoms with Gasteiger partial charge in [0.15, 0.2) is 5.60 Å². The lowest BCUT2D eigenvalue weighted by Crippen LogP contribution is -2.37. The molecule has 0 atom stereocenters. The molecule has 0 spiro atoms. The van der Waals surface area contributed by atoms with Crippen LogP contribution < -0.4 is 14.8 Å². The Morgan fingerprint density at radius 2 is 1.76 bits per heavy atom. The summed E-state index contributed by atoms with van der Waals surface area (Å²) >= 11 is 0. The van der Waals surface area contributed by atoms with Crippen molar-refractivity contribution in [3.05, 3.63) is 60.2 Å². The Morgan fingerprint density at radius 3 is 2.48 bits per heavy atom. The fraction of sp³-hybridized carbons (Fsp3) is 0.350. The second-order valence-corrected chi connectivity index (χ2v) is 6.23. The number of nitrogens with one attached hydrogen (secondary N) is 1.